The van der Waals surface area contributed by atoms with Crippen LogP contribution in [0.25, 0.3) is 0 Å². The van der Waals surface area contributed by atoms with Gasteiger partial charge >= 0.3 is 0 Å². The molecule has 2 atom stereocenters. The predicted octanol–water partition coefficient (Wildman–Crippen LogP) is 3.89. The summed E-state index contributed by atoms with van der Waals surface area (Å²) in [7, 11) is 0. The summed E-state index contributed by atoms with van der Waals surface area (Å²) in [4.78, 5) is 36.0. The molecule has 0 aromatic heterocycles. The molecule has 2 amide bonds. The van der Waals surface area contributed by atoms with Crippen molar-refractivity contribution in [2.45, 2.75) is 51.4 Å². The fourth-order valence-corrected chi connectivity index (χ4v) is 4.96. The van der Waals surface area contributed by atoms with Gasteiger partial charge in [0.2, 0.25) is 5.91 Å². The van der Waals surface area contributed by atoms with E-state index in [0.717, 1.165) is 34.0 Å². The normalized spacial score (nSPS) is 22.4. The van der Waals surface area contributed by atoms with Crippen molar-refractivity contribution in [1.29, 1.82) is 0 Å². The largest absolute Gasteiger partial charge is 0.489 e. The summed E-state index contributed by atoms with van der Waals surface area (Å²) in [5.41, 5.74) is 10.1. The number of ether oxygens (including phenoxy) is 2. The van der Waals surface area contributed by atoms with E-state index in [-0.39, 0.29) is 30.0 Å². The zero-order valence-corrected chi connectivity index (χ0v) is 19.4. The Morgan fingerprint density at radius 2 is 1.81 bits per heavy atom. The molecular formula is C24H26N2O5S. The molecule has 7 nitrogen and oxygen atoms in total. The number of rotatable bonds is 5. The van der Waals surface area contributed by atoms with Gasteiger partial charge in [-0.2, -0.15) is 0 Å². The second-order valence-electron chi connectivity index (χ2n) is 8.66. The summed E-state index contributed by atoms with van der Waals surface area (Å²) in [6.45, 7) is 7.77. The fourth-order valence-electron chi connectivity index (χ4n) is 4.10. The molecule has 2 unspecified atom stereocenters. The Labute approximate surface area is 191 Å². The van der Waals surface area contributed by atoms with Gasteiger partial charge in [-0.15, -0.1) is 0 Å². The Morgan fingerprint density at radius 3 is 2.44 bits per heavy atom. The van der Waals surface area contributed by atoms with Gasteiger partial charge in [0.05, 0.1) is 17.2 Å². The number of nitrogens with one attached hydrogen (secondary N) is 1. The highest BCUT2D eigenvalue weighted by molar-refractivity contribution is 8.15. The number of hydrogen-bond donors (Lipinski definition) is 2. The minimum atomic E-state index is -0.804. The molecule has 1 saturated heterocycles. The van der Waals surface area contributed by atoms with E-state index in [2.05, 4.69) is 5.32 Å². The first kappa shape index (κ1) is 22.2. The first-order valence-electron chi connectivity index (χ1n) is 10.4. The number of amides is 2. The number of Topliss-reactive ketones (excluding diaryl/α,β-unsaturated/α-hetero) is 1. The molecule has 168 valence electrons. The van der Waals surface area contributed by atoms with Crippen LogP contribution in [-0.4, -0.2) is 34.4 Å². The van der Waals surface area contributed by atoms with Crippen LogP contribution in [0.2, 0.25) is 0 Å². The molecule has 0 aliphatic carbocycles. The number of ketones is 1. The van der Waals surface area contributed by atoms with Crippen molar-refractivity contribution in [2.24, 2.45) is 0 Å². The third-order valence-corrected chi connectivity index (χ3v) is 7.11. The fraction of sp³-hybridized carbons (Fsp3) is 0.375. The van der Waals surface area contributed by atoms with Crippen LogP contribution in [-0.2, 0) is 11.2 Å². The molecule has 2 heterocycles. The average molecular weight is 455 g/mol. The standard InChI is InChI=1S/C24H26N2O5S/c1-12-13(2)21-19(14(3)20(12)25)17(27)10-24(4,31-21)11-30-16-7-5-15(6-8-16)9-18-22(28)26-23(29)32-18/h5-8,18H,9-11,25H2,1-4H3,(H,26,28,29). The van der Waals surface area contributed by atoms with Gasteiger partial charge in [0, 0.05) is 5.69 Å². The van der Waals surface area contributed by atoms with Crippen molar-refractivity contribution in [2.75, 3.05) is 12.3 Å². The SMILES string of the molecule is Cc1c(C)c2c(c(C)c1N)C(=O)CC(C)(COc1ccc(CC3SC(=O)NC3=O)cc1)O2. The lowest BCUT2D eigenvalue weighted by Crippen LogP contribution is -2.45. The van der Waals surface area contributed by atoms with E-state index in [1.807, 2.05) is 52.0 Å². The molecule has 4 rings (SSSR count). The van der Waals surface area contributed by atoms with Crippen LogP contribution < -0.4 is 20.5 Å². The number of nitrogen functional groups attached to an aromatic ring is 1. The highest BCUT2D eigenvalue weighted by Crippen LogP contribution is 2.42. The zero-order chi connectivity index (χ0) is 23.2. The van der Waals surface area contributed by atoms with Crippen molar-refractivity contribution in [3.8, 4) is 11.5 Å². The number of thioether (sulfide) groups is 1. The molecule has 0 radical (unpaired) electrons. The Morgan fingerprint density at radius 1 is 1.12 bits per heavy atom. The van der Waals surface area contributed by atoms with Crippen molar-refractivity contribution in [3.05, 3.63) is 52.1 Å². The highest BCUT2D eigenvalue weighted by atomic mass is 32.2. The quantitative estimate of drug-likeness (QED) is 0.660. The topological polar surface area (TPSA) is 108 Å². The van der Waals surface area contributed by atoms with Gasteiger partial charge in [0.1, 0.15) is 23.7 Å². The van der Waals surface area contributed by atoms with Crippen LogP contribution in [0.15, 0.2) is 24.3 Å². The Kier molecular flexibility index (Phi) is 5.67. The maximum atomic E-state index is 13.0. The number of benzene rings is 2. The number of imide groups is 1. The van der Waals surface area contributed by atoms with Crippen LogP contribution in [0.1, 0.15) is 46.0 Å². The van der Waals surface area contributed by atoms with Crippen molar-refractivity contribution < 1.29 is 23.9 Å². The molecule has 2 aliphatic heterocycles. The number of carbonyl (C=O) groups is 3. The summed E-state index contributed by atoms with van der Waals surface area (Å²) in [6.07, 6.45) is 0.665. The zero-order valence-electron chi connectivity index (χ0n) is 18.5. The summed E-state index contributed by atoms with van der Waals surface area (Å²) >= 11 is 1.01. The minimum Gasteiger partial charge on any atom is -0.489 e. The smallest absolute Gasteiger partial charge is 0.286 e. The highest BCUT2D eigenvalue weighted by Gasteiger charge is 2.40. The summed E-state index contributed by atoms with van der Waals surface area (Å²) in [5, 5.41) is 1.59. The maximum Gasteiger partial charge on any atom is 0.286 e. The van der Waals surface area contributed by atoms with Crippen LogP contribution in [0, 0.1) is 20.8 Å². The molecule has 0 bridgehead atoms. The molecule has 2 aromatic carbocycles. The minimum absolute atomic E-state index is 0.00175. The molecule has 0 spiro atoms. The van der Waals surface area contributed by atoms with E-state index >= 15 is 0 Å². The monoisotopic (exact) mass is 454 g/mol. The Hall–Kier alpha value is -3.00. The van der Waals surface area contributed by atoms with Crippen molar-refractivity contribution >= 4 is 34.4 Å². The van der Waals surface area contributed by atoms with Crippen molar-refractivity contribution in [1.82, 2.24) is 5.32 Å². The van der Waals surface area contributed by atoms with E-state index in [1.54, 1.807) is 0 Å². The van der Waals surface area contributed by atoms with Gasteiger partial charge in [0.15, 0.2) is 5.78 Å². The molecule has 2 aliphatic rings. The summed E-state index contributed by atoms with van der Waals surface area (Å²) in [5.74, 6) is 0.976. The Balaban J connectivity index is 1.45. The van der Waals surface area contributed by atoms with E-state index in [0.29, 0.717) is 29.2 Å². The summed E-state index contributed by atoms with van der Waals surface area (Å²) < 4.78 is 12.3. The van der Waals surface area contributed by atoms with E-state index in [4.69, 9.17) is 15.2 Å². The molecule has 0 saturated carbocycles. The van der Waals surface area contributed by atoms with Gasteiger partial charge in [-0.25, -0.2) is 0 Å². The number of fused-ring (bicyclic) bond motifs is 1. The lowest BCUT2D eigenvalue weighted by atomic mass is 9.86. The molecule has 32 heavy (non-hydrogen) atoms. The number of anilines is 1. The van der Waals surface area contributed by atoms with Gasteiger partial charge in [-0.3, -0.25) is 19.7 Å². The maximum absolute atomic E-state index is 13.0. The third-order valence-electron chi connectivity index (χ3n) is 6.13. The third kappa shape index (κ3) is 4.07. The molecule has 2 aromatic rings. The second-order valence-corrected chi connectivity index (χ2v) is 9.84. The lowest BCUT2D eigenvalue weighted by molar-refractivity contribution is -0.118. The number of nitrogens with two attached hydrogens (primary N) is 1. The molecular weight excluding hydrogens is 428 g/mol. The van der Waals surface area contributed by atoms with Gasteiger partial charge in [-0.1, -0.05) is 23.9 Å². The van der Waals surface area contributed by atoms with Gasteiger partial charge < -0.3 is 15.2 Å². The first-order chi connectivity index (χ1) is 15.1. The lowest BCUT2D eigenvalue weighted by Gasteiger charge is -2.36. The van der Waals surface area contributed by atoms with Crippen LogP contribution in [0.3, 0.4) is 0 Å². The molecule has 1 fully saturated rings. The van der Waals surface area contributed by atoms with E-state index in [1.165, 1.54) is 0 Å². The number of hydrogen-bond acceptors (Lipinski definition) is 7. The second kappa shape index (κ2) is 8.16. The van der Waals surface area contributed by atoms with E-state index in [9.17, 15) is 14.4 Å². The average Bonchev–Trinajstić information content (AvgIpc) is 3.06. The van der Waals surface area contributed by atoms with Gasteiger partial charge in [-0.05, 0) is 68.5 Å². The molecule has 8 heteroatoms. The Bertz CT molecular complexity index is 1130. The molecule has 3 N–H and O–H groups in total. The first-order valence-corrected chi connectivity index (χ1v) is 11.3. The van der Waals surface area contributed by atoms with Crippen LogP contribution in [0.5, 0.6) is 11.5 Å². The van der Waals surface area contributed by atoms with Gasteiger partial charge in [0.25, 0.3) is 5.24 Å². The van der Waals surface area contributed by atoms with Crippen LogP contribution in [0.4, 0.5) is 10.5 Å². The van der Waals surface area contributed by atoms with Crippen molar-refractivity contribution in [3.63, 3.8) is 0 Å². The number of carbonyl (C=O) groups excluding carboxylic acids is 3. The predicted molar refractivity (Wildman–Crippen MR) is 124 cm³/mol. The van der Waals surface area contributed by atoms with E-state index < -0.39 is 10.9 Å². The van der Waals surface area contributed by atoms with Crippen LogP contribution >= 0.6 is 11.8 Å². The summed E-state index contributed by atoms with van der Waals surface area (Å²) in [6, 6.07) is 7.38.